The first-order chi connectivity index (χ1) is 12.7. The van der Waals surface area contributed by atoms with Crippen LogP contribution in [0.3, 0.4) is 0 Å². The highest BCUT2D eigenvalue weighted by Gasteiger charge is 2.10. The monoisotopic (exact) mass is 370 g/mol. The van der Waals surface area contributed by atoms with Crippen LogP contribution in [0.15, 0.2) is 53.4 Å². The summed E-state index contributed by atoms with van der Waals surface area (Å²) in [5, 5.41) is 3.01. The van der Waals surface area contributed by atoms with E-state index in [1.165, 1.54) is 16.1 Å². The number of benzene rings is 2. The third-order valence-corrected chi connectivity index (χ3v) is 5.43. The molecular weight excluding hydrogens is 344 g/mol. The van der Waals surface area contributed by atoms with Gasteiger partial charge in [-0.25, -0.2) is 0 Å². The zero-order valence-corrected chi connectivity index (χ0v) is 16.1. The molecule has 0 atom stereocenters. The van der Waals surface area contributed by atoms with Crippen LogP contribution in [0.25, 0.3) is 0 Å². The topological polar surface area (TPSA) is 41.6 Å². The van der Waals surface area contributed by atoms with Gasteiger partial charge in [-0.1, -0.05) is 29.8 Å². The number of nitrogens with zero attached hydrogens (tertiary/aromatic N) is 1. The summed E-state index contributed by atoms with van der Waals surface area (Å²) >= 11 is 1.72. The fraction of sp³-hybridized carbons (Fsp3) is 0.381. The van der Waals surface area contributed by atoms with E-state index in [4.69, 9.17) is 4.74 Å². The molecule has 0 spiro atoms. The van der Waals surface area contributed by atoms with Gasteiger partial charge in [-0.2, -0.15) is 0 Å². The Balaban J connectivity index is 1.37. The first kappa shape index (κ1) is 18.8. The van der Waals surface area contributed by atoms with Crippen LogP contribution in [0.5, 0.6) is 0 Å². The molecule has 5 heteroatoms. The number of carbonyl (C=O) groups is 1. The number of aryl methyl sites for hydroxylation is 1. The average molecular weight is 371 g/mol. The number of anilines is 1. The smallest absolute Gasteiger partial charge is 0.221 e. The Labute approximate surface area is 159 Å². The number of morpholine rings is 1. The highest BCUT2D eigenvalue weighted by atomic mass is 32.2. The average Bonchev–Trinajstić information content (AvgIpc) is 2.69. The van der Waals surface area contributed by atoms with Crippen molar-refractivity contribution in [1.82, 2.24) is 5.32 Å². The van der Waals surface area contributed by atoms with E-state index in [9.17, 15) is 4.79 Å². The van der Waals surface area contributed by atoms with Crippen LogP contribution in [0.1, 0.15) is 17.5 Å². The van der Waals surface area contributed by atoms with E-state index in [0.717, 1.165) is 37.6 Å². The Morgan fingerprint density at radius 3 is 2.46 bits per heavy atom. The molecule has 1 amide bonds. The first-order valence-electron chi connectivity index (χ1n) is 9.08. The summed E-state index contributed by atoms with van der Waals surface area (Å²) in [5.74, 6) is 0.895. The molecule has 1 aliphatic rings. The number of rotatable bonds is 7. The maximum Gasteiger partial charge on any atom is 0.221 e. The third-order valence-electron chi connectivity index (χ3n) is 4.42. The summed E-state index contributed by atoms with van der Waals surface area (Å²) in [4.78, 5) is 15.6. The maximum atomic E-state index is 12.0. The minimum atomic E-state index is 0.0990. The van der Waals surface area contributed by atoms with E-state index in [1.807, 2.05) is 0 Å². The summed E-state index contributed by atoms with van der Waals surface area (Å²) in [6.07, 6.45) is 0.532. The van der Waals surface area contributed by atoms with Crippen molar-refractivity contribution in [2.24, 2.45) is 0 Å². The van der Waals surface area contributed by atoms with Gasteiger partial charge in [0.2, 0.25) is 5.91 Å². The molecular formula is C21H26N2O2S. The van der Waals surface area contributed by atoms with E-state index < -0.39 is 0 Å². The zero-order valence-electron chi connectivity index (χ0n) is 15.2. The van der Waals surface area contributed by atoms with Gasteiger partial charge in [-0.15, -0.1) is 11.8 Å². The number of hydrogen-bond acceptors (Lipinski definition) is 4. The largest absolute Gasteiger partial charge is 0.378 e. The second-order valence-electron chi connectivity index (χ2n) is 6.45. The minimum Gasteiger partial charge on any atom is -0.378 e. The molecule has 0 aliphatic carbocycles. The van der Waals surface area contributed by atoms with Gasteiger partial charge in [0.1, 0.15) is 0 Å². The second-order valence-corrected chi connectivity index (χ2v) is 7.62. The fourth-order valence-electron chi connectivity index (χ4n) is 2.83. The predicted molar refractivity (Wildman–Crippen MR) is 108 cm³/mol. The van der Waals surface area contributed by atoms with Gasteiger partial charge in [-0.05, 0) is 36.8 Å². The molecule has 0 unspecified atom stereocenters. The van der Waals surface area contributed by atoms with Gasteiger partial charge in [0.25, 0.3) is 0 Å². The van der Waals surface area contributed by atoms with Crippen molar-refractivity contribution >= 4 is 23.4 Å². The molecule has 0 radical (unpaired) electrons. The Morgan fingerprint density at radius 2 is 1.77 bits per heavy atom. The van der Waals surface area contributed by atoms with Crippen LogP contribution >= 0.6 is 11.8 Å². The quantitative estimate of drug-likeness (QED) is 0.756. The lowest BCUT2D eigenvalue weighted by Gasteiger charge is -2.28. The standard InChI is InChI=1S/C21H26N2O2S/c1-17-2-8-20(9-3-17)26-15-10-21(24)22-16-18-4-6-19(7-5-18)23-11-13-25-14-12-23/h2-9H,10-16H2,1H3,(H,22,24). The van der Waals surface area contributed by atoms with E-state index in [-0.39, 0.29) is 5.91 Å². The van der Waals surface area contributed by atoms with Crippen molar-refractivity contribution in [3.8, 4) is 0 Å². The number of thioether (sulfide) groups is 1. The Morgan fingerprint density at radius 1 is 1.08 bits per heavy atom. The zero-order chi connectivity index (χ0) is 18.2. The lowest BCUT2D eigenvalue weighted by molar-refractivity contribution is -0.120. The fourth-order valence-corrected chi connectivity index (χ4v) is 3.68. The van der Waals surface area contributed by atoms with Crippen molar-refractivity contribution < 1.29 is 9.53 Å². The van der Waals surface area contributed by atoms with E-state index >= 15 is 0 Å². The van der Waals surface area contributed by atoms with Gasteiger partial charge in [0.15, 0.2) is 0 Å². The molecule has 26 heavy (non-hydrogen) atoms. The SMILES string of the molecule is Cc1ccc(SCCC(=O)NCc2ccc(N3CCOCC3)cc2)cc1. The predicted octanol–water partition coefficient (Wildman–Crippen LogP) is 3.63. The van der Waals surface area contributed by atoms with Crippen molar-refractivity contribution in [2.45, 2.75) is 24.8 Å². The normalized spacial score (nSPS) is 14.3. The number of hydrogen-bond donors (Lipinski definition) is 1. The number of amides is 1. The van der Waals surface area contributed by atoms with Crippen LogP contribution in [-0.2, 0) is 16.1 Å². The van der Waals surface area contributed by atoms with Crippen molar-refractivity contribution in [1.29, 1.82) is 0 Å². The summed E-state index contributed by atoms with van der Waals surface area (Å²) in [6.45, 7) is 6.12. The van der Waals surface area contributed by atoms with E-state index in [1.54, 1.807) is 11.8 Å². The molecule has 0 aromatic heterocycles. The second kappa shape index (κ2) is 9.64. The highest BCUT2D eigenvalue weighted by Crippen LogP contribution is 2.19. The van der Waals surface area contributed by atoms with Crippen LogP contribution in [0.2, 0.25) is 0 Å². The molecule has 1 fully saturated rings. The first-order valence-corrected chi connectivity index (χ1v) is 10.1. The Hall–Kier alpha value is -1.98. The molecule has 3 rings (SSSR count). The van der Waals surface area contributed by atoms with Crippen molar-refractivity contribution in [2.75, 3.05) is 37.0 Å². The third kappa shape index (κ3) is 5.78. The summed E-state index contributed by atoms with van der Waals surface area (Å²) in [7, 11) is 0. The molecule has 0 saturated carbocycles. The molecule has 1 aliphatic heterocycles. The number of ether oxygens (including phenoxy) is 1. The molecule has 4 nitrogen and oxygen atoms in total. The minimum absolute atomic E-state index is 0.0990. The van der Waals surface area contributed by atoms with E-state index in [2.05, 4.69) is 65.7 Å². The van der Waals surface area contributed by atoms with Crippen molar-refractivity contribution in [3.05, 3.63) is 59.7 Å². The number of nitrogens with one attached hydrogen (secondary N) is 1. The van der Waals surface area contributed by atoms with Crippen molar-refractivity contribution in [3.63, 3.8) is 0 Å². The molecule has 0 bridgehead atoms. The molecule has 1 heterocycles. The lowest BCUT2D eigenvalue weighted by atomic mass is 10.2. The van der Waals surface area contributed by atoms with Crippen LogP contribution in [-0.4, -0.2) is 38.0 Å². The van der Waals surface area contributed by atoms with Gasteiger partial charge in [0, 0.05) is 42.4 Å². The van der Waals surface area contributed by atoms with E-state index in [0.29, 0.717) is 13.0 Å². The lowest BCUT2D eigenvalue weighted by Crippen LogP contribution is -2.36. The molecule has 2 aromatic rings. The van der Waals surface area contributed by atoms with Crippen LogP contribution in [0, 0.1) is 6.92 Å². The van der Waals surface area contributed by atoms with Gasteiger partial charge in [-0.3, -0.25) is 4.79 Å². The van der Waals surface area contributed by atoms with Gasteiger partial charge in [0.05, 0.1) is 13.2 Å². The number of carbonyl (C=O) groups excluding carboxylic acids is 1. The molecule has 1 N–H and O–H groups in total. The van der Waals surface area contributed by atoms with Gasteiger partial charge >= 0.3 is 0 Å². The maximum absolute atomic E-state index is 12.0. The molecule has 2 aromatic carbocycles. The molecule has 138 valence electrons. The van der Waals surface area contributed by atoms with Crippen LogP contribution in [0.4, 0.5) is 5.69 Å². The summed E-state index contributed by atoms with van der Waals surface area (Å²) in [6, 6.07) is 16.8. The van der Waals surface area contributed by atoms with Crippen LogP contribution < -0.4 is 10.2 Å². The summed E-state index contributed by atoms with van der Waals surface area (Å²) < 4.78 is 5.38. The summed E-state index contributed by atoms with van der Waals surface area (Å²) in [5.41, 5.74) is 3.60. The highest BCUT2D eigenvalue weighted by molar-refractivity contribution is 7.99. The Kier molecular flexibility index (Phi) is 6.97. The molecule has 1 saturated heterocycles. The Bertz CT molecular complexity index is 695. The van der Waals surface area contributed by atoms with Gasteiger partial charge < -0.3 is 15.0 Å².